The Kier molecular flexibility index (Phi) is 8.74. The monoisotopic (exact) mass is 555 g/mol. The Morgan fingerprint density at radius 1 is 0.921 bits per heavy atom. The van der Waals surface area contributed by atoms with Gasteiger partial charge in [0.15, 0.2) is 0 Å². The van der Waals surface area contributed by atoms with Crippen molar-refractivity contribution in [3.8, 4) is 0 Å². The van der Waals surface area contributed by atoms with E-state index < -0.39 is 71.2 Å². The second-order valence-electron chi connectivity index (χ2n) is 9.49. The Hall–Kier alpha value is -2.76. The van der Waals surface area contributed by atoms with E-state index in [-0.39, 0.29) is 19.4 Å². The van der Waals surface area contributed by atoms with Crippen LogP contribution in [0.25, 0.3) is 0 Å². The van der Waals surface area contributed by atoms with Crippen LogP contribution in [0.5, 0.6) is 0 Å². The third kappa shape index (κ3) is 7.00. The van der Waals surface area contributed by atoms with Crippen LogP contribution in [0.3, 0.4) is 0 Å². The molecule has 0 aliphatic carbocycles. The van der Waals surface area contributed by atoms with Gasteiger partial charge in [-0.15, -0.1) is 0 Å². The molecule has 0 saturated carbocycles. The predicted molar refractivity (Wildman–Crippen MR) is 120 cm³/mol. The van der Waals surface area contributed by atoms with Crippen molar-refractivity contribution >= 4 is 5.97 Å². The van der Waals surface area contributed by atoms with Gasteiger partial charge in [-0.05, 0) is 73.2 Å². The Morgan fingerprint density at radius 2 is 1.50 bits per heavy atom. The summed E-state index contributed by atoms with van der Waals surface area (Å²) in [6.07, 6.45) is -13.2. The minimum Gasteiger partial charge on any atom is -0.481 e. The number of carbonyl (C=O) groups is 1. The largest absolute Gasteiger partial charge is 0.481 e. The molecule has 0 aromatic heterocycles. The van der Waals surface area contributed by atoms with E-state index in [1.807, 2.05) is 0 Å². The summed E-state index contributed by atoms with van der Waals surface area (Å²) in [5.74, 6) is -2.23. The van der Waals surface area contributed by atoms with Gasteiger partial charge >= 0.3 is 24.5 Å². The average Bonchev–Trinajstić information content (AvgIpc) is 2.81. The van der Waals surface area contributed by atoms with Gasteiger partial charge in [-0.2, -0.15) is 39.5 Å². The van der Waals surface area contributed by atoms with Gasteiger partial charge in [0, 0.05) is 12.6 Å². The molecule has 1 N–H and O–H groups in total. The molecule has 38 heavy (non-hydrogen) atoms. The first kappa shape index (κ1) is 29.8. The second kappa shape index (κ2) is 11.2. The summed E-state index contributed by atoms with van der Waals surface area (Å²) in [5.41, 5.74) is -3.75. The number of rotatable bonds is 7. The number of alkyl halides is 9. The lowest BCUT2D eigenvalue weighted by Crippen LogP contribution is -2.40. The van der Waals surface area contributed by atoms with Crippen molar-refractivity contribution in [1.82, 2.24) is 4.90 Å². The van der Waals surface area contributed by atoms with Gasteiger partial charge in [-0.3, -0.25) is 9.69 Å². The van der Waals surface area contributed by atoms with Crippen molar-refractivity contribution in [1.29, 1.82) is 0 Å². The lowest BCUT2D eigenvalue weighted by molar-refractivity contribution is -0.145. The highest BCUT2D eigenvalue weighted by Crippen LogP contribution is 2.43. The summed E-state index contributed by atoms with van der Waals surface area (Å²) in [7, 11) is 0. The summed E-state index contributed by atoms with van der Waals surface area (Å²) < 4.78 is 120. The van der Waals surface area contributed by atoms with E-state index in [1.54, 1.807) is 6.92 Å². The Balaban J connectivity index is 2.03. The number of nitrogens with zero attached hydrogens (tertiary/aromatic N) is 1. The zero-order valence-electron chi connectivity index (χ0n) is 20.2. The Bertz CT molecular complexity index is 1110. The summed E-state index contributed by atoms with van der Waals surface area (Å²) in [6, 6.07) is 4.37. The van der Waals surface area contributed by atoms with Gasteiger partial charge in [-0.25, -0.2) is 0 Å². The molecule has 210 valence electrons. The maximum Gasteiger partial charge on any atom is 0.416 e. The van der Waals surface area contributed by atoms with Crippen LogP contribution in [0, 0.1) is 11.8 Å². The number of aliphatic carboxylic acids is 1. The molecule has 0 bridgehead atoms. The molecule has 1 unspecified atom stereocenters. The van der Waals surface area contributed by atoms with Crippen LogP contribution >= 0.6 is 0 Å². The minimum atomic E-state index is -4.93. The first-order valence-corrected chi connectivity index (χ1v) is 11.9. The lowest BCUT2D eigenvalue weighted by Gasteiger charge is -2.42. The molecule has 1 heterocycles. The third-order valence-corrected chi connectivity index (χ3v) is 6.97. The number of carboxylic acids is 1. The molecule has 2 aromatic rings. The molecular formula is C26H26F9NO2. The number of halogens is 9. The molecule has 1 saturated heterocycles. The number of carboxylic acid groups (broad SMARTS) is 1. The number of hydrogen-bond acceptors (Lipinski definition) is 2. The molecule has 3 atom stereocenters. The maximum atomic E-state index is 13.7. The van der Waals surface area contributed by atoms with Gasteiger partial charge in [0.2, 0.25) is 0 Å². The van der Waals surface area contributed by atoms with E-state index in [9.17, 15) is 49.4 Å². The Labute approximate surface area is 213 Å². The highest BCUT2D eigenvalue weighted by Gasteiger charge is 2.40. The molecule has 1 aliphatic rings. The second-order valence-corrected chi connectivity index (χ2v) is 9.49. The van der Waals surface area contributed by atoms with Crippen molar-refractivity contribution in [3.63, 3.8) is 0 Å². The van der Waals surface area contributed by atoms with Gasteiger partial charge in [0.05, 0.1) is 22.6 Å². The summed E-state index contributed by atoms with van der Waals surface area (Å²) >= 11 is 0. The molecular weight excluding hydrogens is 529 g/mol. The van der Waals surface area contributed by atoms with Gasteiger partial charge in [0.25, 0.3) is 0 Å². The Morgan fingerprint density at radius 3 is 2.00 bits per heavy atom. The molecule has 0 amide bonds. The van der Waals surface area contributed by atoms with E-state index in [0.717, 1.165) is 12.1 Å². The lowest BCUT2D eigenvalue weighted by atomic mass is 9.77. The molecule has 0 radical (unpaired) electrons. The SMILES string of the molecule is CCCC(C(=O)O)[C@H]1CCN(Cc2cc(C(F)(F)F)ccc2C(F)(F)F)[C@@H](c2ccc(C(F)(F)F)cc2)C1. The van der Waals surface area contributed by atoms with Gasteiger partial charge < -0.3 is 5.11 Å². The highest BCUT2D eigenvalue weighted by atomic mass is 19.4. The van der Waals surface area contributed by atoms with Crippen molar-refractivity contribution < 1.29 is 49.4 Å². The van der Waals surface area contributed by atoms with E-state index in [0.29, 0.717) is 36.6 Å². The zero-order valence-corrected chi connectivity index (χ0v) is 20.2. The van der Waals surface area contributed by atoms with Gasteiger partial charge in [0.1, 0.15) is 0 Å². The fraction of sp³-hybridized carbons (Fsp3) is 0.500. The molecule has 2 aromatic carbocycles. The quantitative estimate of drug-likeness (QED) is 0.350. The van der Waals surface area contributed by atoms with E-state index >= 15 is 0 Å². The summed E-state index contributed by atoms with van der Waals surface area (Å²) in [4.78, 5) is 13.4. The molecule has 1 fully saturated rings. The van der Waals surface area contributed by atoms with Crippen LogP contribution < -0.4 is 0 Å². The van der Waals surface area contributed by atoms with E-state index in [1.165, 1.54) is 17.0 Å². The summed E-state index contributed by atoms with van der Waals surface area (Å²) in [5, 5.41) is 9.70. The fourth-order valence-corrected chi connectivity index (χ4v) is 5.11. The van der Waals surface area contributed by atoms with Crippen molar-refractivity contribution in [2.75, 3.05) is 6.54 Å². The van der Waals surface area contributed by atoms with Crippen molar-refractivity contribution in [2.45, 2.75) is 63.7 Å². The first-order chi connectivity index (χ1) is 17.5. The smallest absolute Gasteiger partial charge is 0.416 e. The van der Waals surface area contributed by atoms with Crippen LogP contribution in [-0.4, -0.2) is 22.5 Å². The van der Waals surface area contributed by atoms with Crippen LogP contribution in [0.15, 0.2) is 42.5 Å². The minimum absolute atomic E-state index is 0.0530. The standard InChI is InChI=1S/C26H26F9NO2/c1-2-3-20(23(37)38)16-10-11-36(22(13-16)15-4-6-18(7-5-15)24(27,28)29)14-17-12-19(25(30,31)32)8-9-21(17)26(33,34)35/h4-9,12,16,20,22H,2-3,10-11,13-14H2,1H3,(H,37,38)/t16-,20?,22+/m0/s1. The van der Waals surface area contributed by atoms with Crippen LogP contribution in [0.1, 0.15) is 66.5 Å². The average molecular weight is 555 g/mol. The number of benzene rings is 2. The van der Waals surface area contributed by atoms with E-state index in [2.05, 4.69) is 0 Å². The van der Waals surface area contributed by atoms with Crippen LogP contribution in [-0.2, 0) is 29.9 Å². The normalized spacial score (nSPS) is 20.4. The van der Waals surface area contributed by atoms with Crippen LogP contribution in [0.4, 0.5) is 39.5 Å². The molecule has 3 nitrogen and oxygen atoms in total. The maximum absolute atomic E-state index is 13.7. The van der Waals surface area contributed by atoms with E-state index in [4.69, 9.17) is 0 Å². The number of hydrogen-bond donors (Lipinski definition) is 1. The van der Waals surface area contributed by atoms with Crippen molar-refractivity contribution in [2.24, 2.45) is 11.8 Å². The molecule has 12 heteroatoms. The topological polar surface area (TPSA) is 40.5 Å². The third-order valence-electron chi connectivity index (χ3n) is 6.97. The fourth-order valence-electron chi connectivity index (χ4n) is 5.11. The molecule has 1 aliphatic heterocycles. The number of likely N-dealkylation sites (tertiary alicyclic amines) is 1. The molecule has 0 spiro atoms. The predicted octanol–water partition coefficient (Wildman–Crippen LogP) is 8.20. The zero-order chi connectivity index (χ0) is 28.5. The molecule has 3 rings (SSSR count). The number of piperidine rings is 1. The van der Waals surface area contributed by atoms with Crippen LogP contribution in [0.2, 0.25) is 0 Å². The summed E-state index contributed by atoms with van der Waals surface area (Å²) in [6.45, 7) is 1.30. The first-order valence-electron chi connectivity index (χ1n) is 11.9. The highest BCUT2D eigenvalue weighted by molar-refractivity contribution is 5.70. The van der Waals surface area contributed by atoms with Gasteiger partial charge in [-0.1, -0.05) is 25.5 Å². The van der Waals surface area contributed by atoms with Crippen molar-refractivity contribution in [3.05, 3.63) is 70.3 Å².